The Hall–Kier alpha value is -0.390. The lowest BCUT2D eigenvalue weighted by molar-refractivity contribution is 0.168. The van der Waals surface area contributed by atoms with E-state index in [0.717, 1.165) is 34.7 Å². The molecule has 1 N–H and O–H groups in total. The second-order valence-corrected chi connectivity index (χ2v) is 7.52. The van der Waals surface area contributed by atoms with E-state index in [0.29, 0.717) is 24.5 Å². The molecule has 3 nitrogen and oxygen atoms in total. The summed E-state index contributed by atoms with van der Waals surface area (Å²) in [6, 6.07) is 2.40. The molecule has 20 heavy (non-hydrogen) atoms. The first-order valence-electron chi connectivity index (χ1n) is 7.16. The maximum Gasteiger partial charge on any atom is 0.166 e. The second-order valence-electron chi connectivity index (χ2n) is 5.24. The van der Waals surface area contributed by atoms with Gasteiger partial charge in [0.1, 0.15) is 13.2 Å². The van der Waals surface area contributed by atoms with E-state index in [1.165, 1.54) is 11.1 Å². The molecule has 2 aliphatic heterocycles. The van der Waals surface area contributed by atoms with E-state index < -0.39 is 0 Å². The standard InChI is InChI=1S/C15H20BrNO2S/c1-3-17-12-6-9(2)20-8-10-11(16)7-13-15(14(10)12)19-5-4-18-13/h7,9,12,17H,3-6,8H2,1-2H3. The number of halogens is 1. The molecule has 0 amide bonds. The average molecular weight is 358 g/mol. The minimum Gasteiger partial charge on any atom is -0.486 e. The number of nitrogens with one attached hydrogen (secondary N) is 1. The molecule has 5 heteroatoms. The molecule has 0 saturated heterocycles. The van der Waals surface area contributed by atoms with Gasteiger partial charge in [0.15, 0.2) is 11.5 Å². The van der Waals surface area contributed by atoms with E-state index in [1.807, 2.05) is 11.8 Å². The number of rotatable bonds is 2. The largest absolute Gasteiger partial charge is 0.486 e. The molecule has 2 atom stereocenters. The number of fused-ring (bicyclic) bond motifs is 3. The van der Waals surface area contributed by atoms with Crippen LogP contribution in [0.5, 0.6) is 11.5 Å². The summed E-state index contributed by atoms with van der Waals surface area (Å²) in [4.78, 5) is 0. The number of benzene rings is 1. The van der Waals surface area contributed by atoms with Crippen LogP contribution >= 0.6 is 27.7 Å². The van der Waals surface area contributed by atoms with Crippen LogP contribution in [-0.2, 0) is 5.75 Å². The molecular formula is C15H20BrNO2S. The molecule has 2 unspecified atom stereocenters. The van der Waals surface area contributed by atoms with E-state index >= 15 is 0 Å². The third-order valence-corrected chi connectivity index (χ3v) is 5.73. The van der Waals surface area contributed by atoms with Crippen LogP contribution in [0, 0.1) is 0 Å². The van der Waals surface area contributed by atoms with Crippen LogP contribution in [-0.4, -0.2) is 25.0 Å². The Kier molecular flexibility index (Phi) is 4.48. The fourth-order valence-corrected chi connectivity index (χ4v) is 4.75. The Morgan fingerprint density at radius 2 is 2.20 bits per heavy atom. The van der Waals surface area contributed by atoms with Crippen molar-refractivity contribution in [2.45, 2.75) is 37.3 Å². The van der Waals surface area contributed by atoms with E-state index in [4.69, 9.17) is 9.47 Å². The first kappa shape index (κ1) is 14.5. The predicted molar refractivity (Wildman–Crippen MR) is 86.9 cm³/mol. The van der Waals surface area contributed by atoms with Gasteiger partial charge in [0.2, 0.25) is 0 Å². The first-order valence-corrected chi connectivity index (χ1v) is 9.00. The van der Waals surface area contributed by atoms with Gasteiger partial charge in [0, 0.05) is 27.1 Å². The first-order chi connectivity index (χ1) is 9.70. The summed E-state index contributed by atoms with van der Waals surface area (Å²) < 4.78 is 12.9. The van der Waals surface area contributed by atoms with Crippen molar-refractivity contribution < 1.29 is 9.47 Å². The number of hydrogen-bond donors (Lipinski definition) is 1. The zero-order valence-corrected chi connectivity index (χ0v) is 14.3. The van der Waals surface area contributed by atoms with Crippen molar-refractivity contribution in [2.24, 2.45) is 0 Å². The highest BCUT2D eigenvalue weighted by atomic mass is 79.9. The summed E-state index contributed by atoms with van der Waals surface area (Å²) in [5.74, 6) is 2.86. The molecule has 0 aromatic heterocycles. The van der Waals surface area contributed by atoms with Crippen molar-refractivity contribution >= 4 is 27.7 Å². The molecule has 0 radical (unpaired) electrons. The average Bonchev–Trinajstić information content (AvgIpc) is 2.60. The van der Waals surface area contributed by atoms with Crippen molar-refractivity contribution in [3.63, 3.8) is 0 Å². The zero-order valence-electron chi connectivity index (χ0n) is 11.9. The van der Waals surface area contributed by atoms with Crippen LogP contribution in [0.4, 0.5) is 0 Å². The molecule has 0 spiro atoms. The SMILES string of the molecule is CCNC1CC(C)SCc2c(Br)cc3c(c21)OCCO3. The van der Waals surface area contributed by atoms with E-state index in [1.54, 1.807) is 0 Å². The van der Waals surface area contributed by atoms with Crippen LogP contribution in [0.1, 0.15) is 37.4 Å². The summed E-state index contributed by atoms with van der Waals surface area (Å²) in [5.41, 5.74) is 2.65. The third-order valence-electron chi connectivity index (χ3n) is 3.81. The molecule has 0 fully saturated rings. The third kappa shape index (κ3) is 2.68. The van der Waals surface area contributed by atoms with Gasteiger partial charge < -0.3 is 14.8 Å². The number of thioether (sulfide) groups is 1. The van der Waals surface area contributed by atoms with Gasteiger partial charge >= 0.3 is 0 Å². The van der Waals surface area contributed by atoms with Crippen LogP contribution < -0.4 is 14.8 Å². The van der Waals surface area contributed by atoms with Crippen LogP contribution in [0.2, 0.25) is 0 Å². The molecule has 0 bridgehead atoms. The van der Waals surface area contributed by atoms with Crippen molar-refractivity contribution in [1.29, 1.82) is 0 Å². The smallest absolute Gasteiger partial charge is 0.166 e. The fraction of sp³-hybridized carbons (Fsp3) is 0.600. The highest BCUT2D eigenvalue weighted by Crippen LogP contribution is 2.48. The molecule has 1 aromatic carbocycles. The molecule has 0 aliphatic carbocycles. The molecule has 1 aromatic rings. The van der Waals surface area contributed by atoms with Gasteiger partial charge in [-0.2, -0.15) is 11.8 Å². The Balaban J connectivity index is 2.13. The topological polar surface area (TPSA) is 30.5 Å². The van der Waals surface area contributed by atoms with Crippen LogP contribution in [0.25, 0.3) is 0 Å². The normalized spacial score (nSPS) is 24.9. The molecule has 110 valence electrons. The van der Waals surface area contributed by atoms with Gasteiger partial charge in [0.05, 0.1) is 0 Å². The van der Waals surface area contributed by atoms with E-state index in [-0.39, 0.29) is 0 Å². The number of hydrogen-bond acceptors (Lipinski definition) is 4. The monoisotopic (exact) mass is 357 g/mol. The minimum absolute atomic E-state index is 0.341. The van der Waals surface area contributed by atoms with Gasteiger partial charge in [-0.1, -0.05) is 29.8 Å². The molecule has 0 saturated carbocycles. The predicted octanol–water partition coefficient (Wildman–Crippen LogP) is 3.90. The highest BCUT2D eigenvalue weighted by molar-refractivity contribution is 9.10. The molecule has 2 aliphatic rings. The maximum absolute atomic E-state index is 5.95. The van der Waals surface area contributed by atoms with Crippen LogP contribution in [0.3, 0.4) is 0 Å². The lowest BCUT2D eigenvalue weighted by atomic mass is 9.95. The van der Waals surface area contributed by atoms with Gasteiger partial charge in [-0.15, -0.1) is 0 Å². The van der Waals surface area contributed by atoms with Crippen molar-refractivity contribution in [3.05, 3.63) is 21.7 Å². The summed E-state index contributed by atoms with van der Waals surface area (Å²) >= 11 is 5.73. The summed E-state index contributed by atoms with van der Waals surface area (Å²) in [7, 11) is 0. The Labute approximate surface area is 132 Å². The zero-order chi connectivity index (χ0) is 14.1. The summed E-state index contributed by atoms with van der Waals surface area (Å²) in [6.45, 7) is 6.70. The van der Waals surface area contributed by atoms with Crippen molar-refractivity contribution in [1.82, 2.24) is 5.32 Å². The number of ether oxygens (including phenoxy) is 2. The Morgan fingerprint density at radius 3 is 3.00 bits per heavy atom. The summed E-state index contributed by atoms with van der Waals surface area (Å²) in [5, 5.41) is 4.26. The van der Waals surface area contributed by atoms with E-state index in [9.17, 15) is 0 Å². The maximum atomic E-state index is 5.95. The van der Waals surface area contributed by atoms with Crippen molar-refractivity contribution in [3.8, 4) is 11.5 Å². The van der Waals surface area contributed by atoms with E-state index in [2.05, 4.69) is 41.2 Å². The van der Waals surface area contributed by atoms with Crippen molar-refractivity contribution in [2.75, 3.05) is 19.8 Å². The van der Waals surface area contributed by atoms with Gasteiger partial charge in [-0.25, -0.2) is 0 Å². The van der Waals surface area contributed by atoms with Gasteiger partial charge in [0.25, 0.3) is 0 Å². The molecule has 2 heterocycles. The quantitative estimate of drug-likeness (QED) is 0.869. The molecule has 3 rings (SSSR count). The lowest BCUT2D eigenvalue weighted by Crippen LogP contribution is -2.26. The van der Waals surface area contributed by atoms with Gasteiger partial charge in [-0.3, -0.25) is 0 Å². The highest BCUT2D eigenvalue weighted by Gasteiger charge is 2.30. The Bertz CT molecular complexity index is 509. The van der Waals surface area contributed by atoms with Crippen LogP contribution in [0.15, 0.2) is 10.5 Å². The Morgan fingerprint density at radius 1 is 1.40 bits per heavy atom. The summed E-state index contributed by atoms with van der Waals surface area (Å²) in [6.07, 6.45) is 1.12. The minimum atomic E-state index is 0.341. The molecular weight excluding hydrogens is 338 g/mol. The fourth-order valence-electron chi connectivity index (χ4n) is 2.91. The van der Waals surface area contributed by atoms with Gasteiger partial charge in [-0.05, 0) is 24.6 Å². The second kappa shape index (κ2) is 6.16. The lowest BCUT2D eigenvalue weighted by Gasteiger charge is -2.27.